The maximum absolute atomic E-state index is 10.2. The summed E-state index contributed by atoms with van der Waals surface area (Å²) in [5, 5.41) is 10.2. The molecule has 90 valence electrons. The van der Waals surface area contributed by atoms with Crippen LogP contribution in [0.3, 0.4) is 0 Å². The zero-order valence-electron chi connectivity index (χ0n) is 10.8. The Morgan fingerprint density at radius 2 is 2.12 bits per heavy atom. The highest BCUT2D eigenvalue weighted by Crippen LogP contribution is 2.45. The van der Waals surface area contributed by atoms with Gasteiger partial charge in [-0.05, 0) is 57.8 Å². The Labute approximate surface area is 99.3 Å². The Morgan fingerprint density at radius 3 is 2.81 bits per heavy atom. The number of hydrogen-bond donors (Lipinski definition) is 1. The van der Waals surface area contributed by atoms with Crippen LogP contribution in [-0.2, 0) is 0 Å². The molecule has 1 N–H and O–H groups in total. The Kier molecular flexibility index (Phi) is 3.25. The van der Waals surface area contributed by atoms with Gasteiger partial charge in [0, 0.05) is 0 Å². The van der Waals surface area contributed by atoms with Gasteiger partial charge in [-0.15, -0.1) is 0 Å². The molecule has 16 heavy (non-hydrogen) atoms. The van der Waals surface area contributed by atoms with E-state index in [9.17, 15) is 5.11 Å². The Morgan fingerprint density at radius 1 is 1.38 bits per heavy atom. The van der Waals surface area contributed by atoms with E-state index in [4.69, 9.17) is 0 Å². The molecule has 2 aliphatic carbocycles. The second-order valence-electron chi connectivity index (χ2n) is 6.06. The molecule has 2 rings (SSSR count). The van der Waals surface area contributed by atoms with Crippen LogP contribution in [0, 0.1) is 5.41 Å². The predicted molar refractivity (Wildman–Crippen MR) is 68.3 cm³/mol. The van der Waals surface area contributed by atoms with Crippen LogP contribution in [0.25, 0.3) is 0 Å². The van der Waals surface area contributed by atoms with E-state index >= 15 is 0 Å². The van der Waals surface area contributed by atoms with Gasteiger partial charge in [-0.25, -0.2) is 0 Å². The summed E-state index contributed by atoms with van der Waals surface area (Å²) < 4.78 is 0. The molecule has 1 nitrogen and oxygen atoms in total. The first-order valence-electron chi connectivity index (χ1n) is 6.52. The molecule has 0 saturated heterocycles. The third kappa shape index (κ3) is 2.24. The second kappa shape index (κ2) is 4.37. The highest BCUT2D eigenvalue weighted by molar-refractivity contribution is 5.21. The van der Waals surface area contributed by atoms with Gasteiger partial charge < -0.3 is 5.11 Å². The molecule has 0 spiro atoms. The minimum atomic E-state index is -0.0961. The molecule has 2 bridgehead atoms. The van der Waals surface area contributed by atoms with Crippen LogP contribution < -0.4 is 0 Å². The molecule has 1 saturated carbocycles. The van der Waals surface area contributed by atoms with Crippen LogP contribution in [0.2, 0.25) is 0 Å². The zero-order valence-corrected chi connectivity index (χ0v) is 10.8. The van der Waals surface area contributed by atoms with E-state index in [0.29, 0.717) is 0 Å². The van der Waals surface area contributed by atoms with E-state index in [2.05, 4.69) is 26.8 Å². The van der Waals surface area contributed by atoms with Gasteiger partial charge in [-0.2, -0.15) is 0 Å². The first-order valence-corrected chi connectivity index (χ1v) is 6.52. The fraction of sp³-hybridized carbons (Fsp3) is 0.733. The van der Waals surface area contributed by atoms with Crippen molar-refractivity contribution in [2.45, 2.75) is 65.4 Å². The largest absolute Gasteiger partial charge is 0.393 e. The molecule has 0 amide bonds. The van der Waals surface area contributed by atoms with Crippen LogP contribution in [-0.4, -0.2) is 11.2 Å². The topological polar surface area (TPSA) is 20.2 Å². The normalized spacial score (nSPS) is 38.4. The number of allylic oxidation sites excluding steroid dienone is 4. The lowest BCUT2D eigenvalue weighted by Gasteiger charge is -2.41. The smallest absolute Gasteiger partial charge is 0.0600 e. The minimum Gasteiger partial charge on any atom is -0.393 e. The quantitative estimate of drug-likeness (QED) is 0.612. The Balaban J connectivity index is 2.27. The summed E-state index contributed by atoms with van der Waals surface area (Å²) in [4.78, 5) is 0. The van der Waals surface area contributed by atoms with Crippen molar-refractivity contribution >= 4 is 0 Å². The third-order valence-corrected chi connectivity index (χ3v) is 4.52. The second-order valence-corrected chi connectivity index (χ2v) is 6.06. The molecule has 0 aromatic heterocycles. The number of rotatable bonds is 0. The summed E-state index contributed by atoms with van der Waals surface area (Å²) in [6, 6.07) is 0. The molecule has 1 fully saturated rings. The molecule has 2 atom stereocenters. The van der Waals surface area contributed by atoms with Gasteiger partial charge in [0.15, 0.2) is 0 Å². The summed E-state index contributed by atoms with van der Waals surface area (Å²) in [6.07, 6.45) is 8.96. The van der Waals surface area contributed by atoms with Crippen LogP contribution in [0.1, 0.15) is 59.3 Å². The Bertz CT molecular complexity index is 333. The van der Waals surface area contributed by atoms with Crippen molar-refractivity contribution in [3.05, 3.63) is 22.8 Å². The van der Waals surface area contributed by atoms with Crippen molar-refractivity contribution in [2.75, 3.05) is 0 Å². The predicted octanol–water partition coefficient (Wildman–Crippen LogP) is 3.98. The molecule has 2 unspecified atom stereocenters. The van der Waals surface area contributed by atoms with Gasteiger partial charge in [-0.3, -0.25) is 0 Å². The van der Waals surface area contributed by atoms with E-state index in [1.54, 1.807) is 11.1 Å². The van der Waals surface area contributed by atoms with Gasteiger partial charge in [0.1, 0.15) is 0 Å². The number of hydrogen-bond acceptors (Lipinski definition) is 1. The highest BCUT2D eigenvalue weighted by atomic mass is 16.3. The summed E-state index contributed by atoms with van der Waals surface area (Å²) in [6.45, 7) is 6.69. The molecule has 1 heteroatoms. The van der Waals surface area contributed by atoms with Crippen molar-refractivity contribution < 1.29 is 5.11 Å². The summed E-state index contributed by atoms with van der Waals surface area (Å²) in [5.41, 5.74) is 4.75. The fourth-order valence-electron chi connectivity index (χ4n) is 3.08. The van der Waals surface area contributed by atoms with Gasteiger partial charge in [0.2, 0.25) is 0 Å². The summed E-state index contributed by atoms with van der Waals surface area (Å²) in [7, 11) is 0. The maximum atomic E-state index is 10.2. The van der Waals surface area contributed by atoms with Crippen LogP contribution in [0.15, 0.2) is 22.8 Å². The standard InChI is InChI=1S/C15H24O/c1-11(2)13-6-4-12-5-7-14(16)15(3,10-12)9-8-13/h4,14,16H,5-10H2,1-3H3/b12-4-. The number of aliphatic hydroxyl groups excluding tert-OH is 1. The molecule has 2 aliphatic rings. The summed E-state index contributed by atoms with van der Waals surface area (Å²) in [5.74, 6) is 0. The van der Waals surface area contributed by atoms with Crippen molar-refractivity contribution in [1.82, 2.24) is 0 Å². The van der Waals surface area contributed by atoms with Gasteiger partial charge in [-0.1, -0.05) is 29.7 Å². The number of fused-ring (bicyclic) bond motifs is 2. The van der Waals surface area contributed by atoms with E-state index in [0.717, 1.165) is 32.1 Å². The van der Waals surface area contributed by atoms with Crippen LogP contribution in [0.5, 0.6) is 0 Å². The van der Waals surface area contributed by atoms with Crippen molar-refractivity contribution in [2.24, 2.45) is 5.41 Å². The van der Waals surface area contributed by atoms with E-state index in [1.807, 2.05) is 0 Å². The van der Waals surface area contributed by atoms with Crippen molar-refractivity contribution in [1.29, 1.82) is 0 Å². The van der Waals surface area contributed by atoms with E-state index < -0.39 is 0 Å². The van der Waals surface area contributed by atoms with Crippen molar-refractivity contribution in [3.8, 4) is 0 Å². The zero-order chi connectivity index (χ0) is 11.8. The lowest BCUT2D eigenvalue weighted by Crippen LogP contribution is -2.37. The van der Waals surface area contributed by atoms with Gasteiger partial charge >= 0.3 is 0 Å². The van der Waals surface area contributed by atoms with E-state index in [1.165, 1.54) is 12.0 Å². The van der Waals surface area contributed by atoms with Crippen LogP contribution >= 0.6 is 0 Å². The van der Waals surface area contributed by atoms with Crippen molar-refractivity contribution in [3.63, 3.8) is 0 Å². The molecule has 0 heterocycles. The molecule has 0 aliphatic heterocycles. The van der Waals surface area contributed by atoms with Gasteiger partial charge in [0.05, 0.1) is 6.10 Å². The molecule has 0 aromatic rings. The lowest BCUT2D eigenvalue weighted by atomic mass is 9.67. The molecule has 0 aromatic carbocycles. The highest BCUT2D eigenvalue weighted by Gasteiger charge is 2.37. The maximum Gasteiger partial charge on any atom is 0.0600 e. The Hall–Kier alpha value is -0.560. The monoisotopic (exact) mass is 220 g/mol. The summed E-state index contributed by atoms with van der Waals surface area (Å²) >= 11 is 0. The molecular formula is C15H24O. The lowest BCUT2D eigenvalue weighted by molar-refractivity contribution is 0.00978. The molecule has 0 radical (unpaired) electrons. The van der Waals surface area contributed by atoms with Crippen LogP contribution in [0.4, 0.5) is 0 Å². The first-order chi connectivity index (χ1) is 7.51. The van der Waals surface area contributed by atoms with Gasteiger partial charge in [0.25, 0.3) is 0 Å². The minimum absolute atomic E-state index is 0.0961. The average Bonchev–Trinajstić information content (AvgIpc) is 2.20. The number of aliphatic hydroxyl groups is 1. The van der Waals surface area contributed by atoms with E-state index in [-0.39, 0.29) is 11.5 Å². The average molecular weight is 220 g/mol. The SMILES string of the molecule is CC(C)=C1C/C=C2/CCC(O)C(C)(CC1)C2. The first kappa shape index (κ1) is 11.9. The fourth-order valence-corrected chi connectivity index (χ4v) is 3.08. The molecular weight excluding hydrogens is 196 g/mol. The third-order valence-electron chi connectivity index (χ3n) is 4.52.